The van der Waals surface area contributed by atoms with E-state index in [0.717, 1.165) is 30.9 Å². The van der Waals surface area contributed by atoms with Gasteiger partial charge in [0.25, 0.3) is 5.56 Å². The summed E-state index contributed by atoms with van der Waals surface area (Å²) in [6.45, 7) is 7.31. The lowest BCUT2D eigenvalue weighted by Gasteiger charge is -2.06. The molecule has 0 aliphatic rings. The molecule has 3 aromatic rings. The van der Waals surface area contributed by atoms with E-state index in [-0.39, 0.29) is 11.2 Å². The average Bonchev–Trinajstić information content (AvgIpc) is 2.99. The van der Waals surface area contributed by atoms with Crippen LogP contribution >= 0.6 is 0 Å². The molecule has 0 radical (unpaired) electrons. The zero-order chi connectivity index (χ0) is 16.0. The Morgan fingerprint density at radius 1 is 1.09 bits per heavy atom. The summed E-state index contributed by atoms with van der Waals surface area (Å²) in [7, 11) is 1.67. The maximum Gasteiger partial charge on any atom is 0.332 e. The Hall–Kier alpha value is -2.31. The van der Waals surface area contributed by atoms with Crippen molar-refractivity contribution in [1.29, 1.82) is 0 Å². The van der Waals surface area contributed by atoms with Crippen LogP contribution in [0.5, 0.6) is 0 Å². The third-order valence-corrected chi connectivity index (χ3v) is 4.03. The van der Waals surface area contributed by atoms with Crippen LogP contribution in [0.25, 0.3) is 16.9 Å². The molecule has 0 aliphatic carbocycles. The molecule has 3 aromatic heterocycles. The lowest BCUT2D eigenvalue weighted by Crippen LogP contribution is -2.39. The van der Waals surface area contributed by atoms with E-state index in [1.54, 1.807) is 7.05 Å². The Morgan fingerprint density at radius 3 is 2.36 bits per heavy atom. The first-order valence-corrected chi connectivity index (χ1v) is 7.69. The molecule has 3 heterocycles. The minimum absolute atomic E-state index is 0.263. The first-order valence-electron chi connectivity index (χ1n) is 7.69. The van der Waals surface area contributed by atoms with Crippen LogP contribution in [0, 0.1) is 6.92 Å². The molecule has 0 unspecified atom stereocenters. The van der Waals surface area contributed by atoms with Gasteiger partial charge in [-0.05, 0) is 19.8 Å². The Bertz CT molecular complexity index is 970. The second-order valence-electron chi connectivity index (χ2n) is 5.67. The number of rotatable bonds is 4. The SMILES string of the molecule is CCCn1c(=O)c2c(nc3n(CCC)c(C)cn23)n(C)c1=O. The number of aromatic nitrogens is 5. The minimum atomic E-state index is -0.307. The third kappa shape index (κ3) is 1.84. The lowest BCUT2D eigenvalue weighted by atomic mass is 10.4. The number of aryl methyl sites for hydroxylation is 3. The van der Waals surface area contributed by atoms with Gasteiger partial charge in [0.05, 0.1) is 0 Å². The number of hydrogen-bond acceptors (Lipinski definition) is 3. The standard InChI is InChI=1S/C15H21N5O2/c1-5-7-18-10(3)9-20-11-12(16-14(18)20)17(4)15(22)19(8-6-2)13(11)21/h9H,5-8H2,1-4H3. The summed E-state index contributed by atoms with van der Waals surface area (Å²) in [5, 5.41) is 0. The van der Waals surface area contributed by atoms with E-state index in [0.29, 0.717) is 17.7 Å². The van der Waals surface area contributed by atoms with Crippen LogP contribution in [0.2, 0.25) is 0 Å². The molecule has 118 valence electrons. The minimum Gasteiger partial charge on any atom is -0.314 e. The molecule has 22 heavy (non-hydrogen) atoms. The van der Waals surface area contributed by atoms with Gasteiger partial charge in [0, 0.05) is 32.0 Å². The third-order valence-electron chi connectivity index (χ3n) is 4.03. The molecule has 0 atom stereocenters. The Balaban J connectivity index is 2.49. The van der Waals surface area contributed by atoms with Crippen LogP contribution < -0.4 is 11.2 Å². The topological polar surface area (TPSA) is 66.2 Å². The highest BCUT2D eigenvalue weighted by atomic mass is 16.2. The van der Waals surface area contributed by atoms with Crippen LogP contribution in [0.3, 0.4) is 0 Å². The van der Waals surface area contributed by atoms with Gasteiger partial charge in [0.15, 0.2) is 11.2 Å². The average molecular weight is 303 g/mol. The molecule has 0 bridgehead atoms. The van der Waals surface area contributed by atoms with Gasteiger partial charge >= 0.3 is 5.69 Å². The van der Waals surface area contributed by atoms with E-state index in [4.69, 9.17) is 0 Å². The predicted octanol–water partition coefficient (Wildman–Crippen LogP) is 1.28. The largest absolute Gasteiger partial charge is 0.332 e. The highest BCUT2D eigenvalue weighted by Crippen LogP contribution is 2.16. The summed E-state index contributed by atoms with van der Waals surface area (Å²) in [6.07, 6.45) is 3.63. The number of nitrogens with zero attached hydrogens (tertiary/aromatic N) is 5. The normalized spacial score (nSPS) is 11.8. The van der Waals surface area contributed by atoms with Crippen LogP contribution in [-0.2, 0) is 20.1 Å². The van der Waals surface area contributed by atoms with Crippen LogP contribution in [0.15, 0.2) is 15.8 Å². The molecule has 0 saturated heterocycles. The van der Waals surface area contributed by atoms with Crippen molar-refractivity contribution < 1.29 is 0 Å². The molecule has 3 rings (SSSR count). The second kappa shape index (κ2) is 5.15. The van der Waals surface area contributed by atoms with Crippen LogP contribution in [0.4, 0.5) is 0 Å². The Labute approximate surface area is 127 Å². The van der Waals surface area contributed by atoms with Gasteiger partial charge in [-0.25, -0.2) is 4.79 Å². The van der Waals surface area contributed by atoms with Gasteiger partial charge in [-0.1, -0.05) is 13.8 Å². The molecule has 7 heteroatoms. The molecular weight excluding hydrogens is 282 g/mol. The lowest BCUT2D eigenvalue weighted by molar-refractivity contribution is 0.592. The van der Waals surface area contributed by atoms with Crippen molar-refractivity contribution in [2.45, 2.75) is 46.7 Å². The smallest absolute Gasteiger partial charge is 0.314 e. The first-order chi connectivity index (χ1) is 10.5. The second-order valence-corrected chi connectivity index (χ2v) is 5.67. The molecule has 7 nitrogen and oxygen atoms in total. The summed E-state index contributed by atoms with van der Waals surface area (Å²) < 4.78 is 6.65. The van der Waals surface area contributed by atoms with E-state index >= 15 is 0 Å². The number of imidazole rings is 2. The summed E-state index contributed by atoms with van der Waals surface area (Å²) in [5.74, 6) is 0.718. The zero-order valence-electron chi connectivity index (χ0n) is 13.5. The fourth-order valence-electron chi connectivity index (χ4n) is 2.98. The van der Waals surface area contributed by atoms with Crippen LogP contribution in [-0.4, -0.2) is 23.1 Å². The molecule has 0 aromatic carbocycles. The maximum absolute atomic E-state index is 12.7. The van der Waals surface area contributed by atoms with E-state index in [2.05, 4.69) is 16.5 Å². The molecule has 0 fully saturated rings. The maximum atomic E-state index is 12.7. The van der Waals surface area contributed by atoms with Crippen molar-refractivity contribution in [3.8, 4) is 0 Å². The van der Waals surface area contributed by atoms with E-state index in [1.807, 2.05) is 24.4 Å². The van der Waals surface area contributed by atoms with Crippen molar-refractivity contribution >= 4 is 16.9 Å². The quantitative estimate of drug-likeness (QED) is 0.729. The van der Waals surface area contributed by atoms with Gasteiger partial charge in [-0.2, -0.15) is 4.98 Å². The van der Waals surface area contributed by atoms with Gasteiger partial charge in [0.1, 0.15) is 0 Å². The van der Waals surface area contributed by atoms with E-state index in [9.17, 15) is 9.59 Å². The highest BCUT2D eigenvalue weighted by Gasteiger charge is 2.19. The Kier molecular flexibility index (Phi) is 3.42. The summed E-state index contributed by atoms with van der Waals surface area (Å²) in [5.41, 5.74) is 1.41. The van der Waals surface area contributed by atoms with Crippen molar-refractivity contribution in [1.82, 2.24) is 23.1 Å². The number of fused-ring (bicyclic) bond motifs is 3. The molecule has 0 saturated carbocycles. The predicted molar refractivity (Wildman–Crippen MR) is 85.5 cm³/mol. The van der Waals surface area contributed by atoms with E-state index < -0.39 is 0 Å². The summed E-state index contributed by atoms with van der Waals surface area (Å²) >= 11 is 0. The monoisotopic (exact) mass is 303 g/mol. The van der Waals surface area contributed by atoms with Gasteiger partial charge in [0.2, 0.25) is 5.78 Å². The fraction of sp³-hybridized carbons (Fsp3) is 0.533. The Morgan fingerprint density at radius 2 is 1.73 bits per heavy atom. The molecular formula is C15H21N5O2. The van der Waals surface area contributed by atoms with Crippen molar-refractivity contribution in [3.05, 3.63) is 32.7 Å². The number of hydrogen-bond donors (Lipinski definition) is 0. The summed E-state index contributed by atoms with van der Waals surface area (Å²) in [6, 6.07) is 0. The van der Waals surface area contributed by atoms with Crippen molar-refractivity contribution in [2.75, 3.05) is 0 Å². The fourth-order valence-corrected chi connectivity index (χ4v) is 2.98. The molecule has 0 N–H and O–H groups in total. The van der Waals surface area contributed by atoms with Gasteiger partial charge < -0.3 is 4.57 Å². The van der Waals surface area contributed by atoms with Gasteiger partial charge in [-0.3, -0.25) is 18.3 Å². The van der Waals surface area contributed by atoms with Crippen LogP contribution in [0.1, 0.15) is 32.4 Å². The van der Waals surface area contributed by atoms with E-state index in [1.165, 1.54) is 9.13 Å². The molecule has 0 aliphatic heterocycles. The van der Waals surface area contributed by atoms with Crippen molar-refractivity contribution in [2.24, 2.45) is 7.05 Å². The van der Waals surface area contributed by atoms with Crippen molar-refractivity contribution in [3.63, 3.8) is 0 Å². The first kappa shape index (κ1) is 14.6. The highest BCUT2D eigenvalue weighted by molar-refractivity contribution is 5.75. The zero-order valence-corrected chi connectivity index (χ0v) is 13.5. The van der Waals surface area contributed by atoms with Gasteiger partial charge in [-0.15, -0.1) is 0 Å². The summed E-state index contributed by atoms with van der Waals surface area (Å²) in [4.78, 5) is 29.6. The molecule has 0 spiro atoms. The molecule has 0 amide bonds.